The van der Waals surface area contributed by atoms with E-state index in [2.05, 4.69) is 11.9 Å². The molecule has 2 amide bonds. The van der Waals surface area contributed by atoms with Crippen LogP contribution in [0, 0.1) is 5.92 Å². The van der Waals surface area contributed by atoms with E-state index in [0.29, 0.717) is 42.5 Å². The molecule has 2 fully saturated rings. The van der Waals surface area contributed by atoms with Crippen LogP contribution < -0.4 is 5.32 Å². The normalized spacial score (nSPS) is 19.5. The van der Waals surface area contributed by atoms with Gasteiger partial charge < -0.3 is 10.2 Å². The van der Waals surface area contributed by atoms with E-state index in [1.54, 1.807) is 4.90 Å². The summed E-state index contributed by atoms with van der Waals surface area (Å²) in [6.45, 7) is 5.27. The number of carbonyl (C=O) groups is 2. The molecule has 0 spiro atoms. The first kappa shape index (κ1) is 19.2. The van der Waals surface area contributed by atoms with E-state index >= 15 is 0 Å². The second-order valence-corrected chi connectivity index (χ2v) is 8.07. The van der Waals surface area contributed by atoms with E-state index in [1.165, 1.54) is 6.08 Å². The molecule has 3 rings (SSSR count). The molecule has 140 valence electrons. The van der Waals surface area contributed by atoms with Crippen molar-refractivity contribution >= 4 is 35.0 Å². The summed E-state index contributed by atoms with van der Waals surface area (Å²) in [6.07, 6.45) is 5.76. The van der Waals surface area contributed by atoms with Gasteiger partial charge in [0.2, 0.25) is 11.8 Å². The van der Waals surface area contributed by atoms with Crippen molar-refractivity contribution in [2.75, 3.05) is 19.6 Å². The highest BCUT2D eigenvalue weighted by atomic mass is 35.5. The number of piperidine rings is 1. The maximum atomic E-state index is 12.6. The molecule has 1 heterocycles. The summed E-state index contributed by atoms with van der Waals surface area (Å²) < 4.78 is 0. The number of hydrogen-bond acceptors (Lipinski definition) is 2. The smallest absolute Gasteiger partial charge is 0.245 e. The van der Waals surface area contributed by atoms with Gasteiger partial charge in [0.1, 0.15) is 0 Å². The summed E-state index contributed by atoms with van der Waals surface area (Å²) in [5.41, 5.74) is 0.797. The fraction of sp³-hybridized carbons (Fsp3) is 0.500. The maximum Gasteiger partial charge on any atom is 0.245 e. The Morgan fingerprint density at radius 2 is 1.85 bits per heavy atom. The van der Waals surface area contributed by atoms with Crippen LogP contribution in [0.1, 0.15) is 37.7 Å². The highest BCUT2D eigenvalue weighted by Crippen LogP contribution is 2.48. The monoisotopic (exact) mass is 394 g/mol. The molecule has 1 saturated heterocycles. The summed E-state index contributed by atoms with van der Waals surface area (Å²) in [5, 5.41) is 4.46. The van der Waals surface area contributed by atoms with Crippen LogP contribution in [0.3, 0.4) is 0 Å². The quantitative estimate of drug-likeness (QED) is 0.768. The molecule has 1 N–H and O–H groups in total. The molecule has 6 heteroatoms. The lowest BCUT2D eigenvalue weighted by molar-refractivity contribution is -0.132. The van der Waals surface area contributed by atoms with Gasteiger partial charge in [-0.05, 0) is 49.5 Å². The molecule has 0 unspecified atom stereocenters. The Morgan fingerprint density at radius 3 is 2.35 bits per heavy atom. The van der Waals surface area contributed by atoms with Crippen molar-refractivity contribution in [1.82, 2.24) is 10.2 Å². The average Bonchev–Trinajstić information content (AvgIpc) is 2.62. The van der Waals surface area contributed by atoms with E-state index in [4.69, 9.17) is 23.2 Å². The number of rotatable bonds is 5. The van der Waals surface area contributed by atoms with Crippen molar-refractivity contribution in [2.24, 2.45) is 5.92 Å². The van der Waals surface area contributed by atoms with Gasteiger partial charge in [0.05, 0.1) is 0 Å². The lowest BCUT2D eigenvalue weighted by atomic mass is 9.64. The minimum absolute atomic E-state index is 0.0530. The van der Waals surface area contributed by atoms with Crippen LogP contribution in [-0.2, 0) is 15.0 Å². The lowest BCUT2D eigenvalue weighted by Crippen LogP contribution is -2.49. The average molecular weight is 395 g/mol. The number of nitrogens with one attached hydrogen (secondary N) is 1. The Balaban J connectivity index is 1.60. The van der Waals surface area contributed by atoms with Crippen molar-refractivity contribution in [1.29, 1.82) is 0 Å². The molecule has 4 nitrogen and oxygen atoms in total. The van der Waals surface area contributed by atoms with Crippen molar-refractivity contribution < 1.29 is 9.59 Å². The van der Waals surface area contributed by atoms with Crippen LogP contribution in [0.25, 0.3) is 0 Å². The van der Waals surface area contributed by atoms with Gasteiger partial charge in [0.25, 0.3) is 0 Å². The van der Waals surface area contributed by atoms with Crippen molar-refractivity contribution in [3.05, 3.63) is 46.5 Å². The van der Waals surface area contributed by atoms with E-state index in [0.717, 1.165) is 24.8 Å². The molecule has 1 aliphatic carbocycles. The number of hydrogen-bond donors (Lipinski definition) is 1. The molecule has 1 aromatic carbocycles. The Hall–Kier alpha value is -1.52. The minimum atomic E-state index is -0.162. The first-order valence-corrected chi connectivity index (χ1v) is 9.86. The Morgan fingerprint density at radius 1 is 1.23 bits per heavy atom. The number of halogens is 2. The third kappa shape index (κ3) is 3.77. The van der Waals surface area contributed by atoms with E-state index in [-0.39, 0.29) is 23.1 Å². The Kier molecular flexibility index (Phi) is 5.93. The van der Waals surface area contributed by atoms with Crippen LogP contribution >= 0.6 is 23.2 Å². The summed E-state index contributed by atoms with van der Waals surface area (Å²) in [7, 11) is 0. The molecule has 0 radical (unpaired) electrons. The van der Waals surface area contributed by atoms with E-state index in [9.17, 15) is 9.59 Å². The van der Waals surface area contributed by atoms with Crippen molar-refractivity contribution in [3.63, 3.8) is 0 Å². The van der Waals surface area contributed by atoms with Crippen LogP contribution in [0.15, 0.2) is 30.9 Å². The van der Waals surface area contributed by atoms with Crippen LogP contribution in [0.5, 0.6) is 0 Å². The molecule has 1 aromatic rings. The third-order valence-electron chi connectivity index (χ3n) is 5.76. The number of nitrogens with zero attached hydrogens (tertiary/aromatic N) is 1. The first-order chi connectivity index (χ1) is 12.5. The number of benzene rings is 1. The highest BCUT2D eigenvalue weighted by molar-refractivity contribution is 6.36. The van der Waals surface area contributed by atoms with Crippen molar-refractivity contribution in [3.8, 4) is 0 Å². The zero-order chi connectivity index (χ0) is 18.7. The minimum Gasteiger partial charge on any atom is -0.355 e. The standard InChI is InChI=1S/C20H24Cl2N2O2/c1-2-17(25)24-11-7-14(8-12-24)19(26)23-13-20(9-4-10-20)18-15(21)5-3-6-16(18)22/h2-3,5-6,14H,1,4,7-13H2,(H,23,26). The zero-order valence-electron chi connectivity index (χ0n) is 14.8. The topological polar surface area (TPSA) is 49.4 Å². The van der Waals surface area contributed by atoms with Crippen LogP contribution in [0.4, 0.5) is 0 Å². The second-order valence-electron chi connectivity index (χ2n) is 7.25. The summed E-state index contributed by atoms with van der Waals surface area (Å²) in [5.74, 6) is -0.0569. The largest absolute Gasteiger partial charge is 0.355 e. The van der Waals surface area contributed by atoms with Gasteiger partial charge in [-0.25, -0.2) is 0 Å². The first-order valence-electron chi connectivity index (χ1n) is 9.10. The lowest BCUT2D eigenvalue weighted by Gasteiger charge is -2.44. The van der Waals surface area contributed by atoms with Gasteiger partial charge in [-0.2, -0.15) is 0 Å². The molecule has 26 heavy (non-hydrogen) atoms. The van der Waals surface area contributed by atoms with Crippen LogP contribution in [-0.4, -0.2) is 36.3 Å². The Labute approximate surface area is 164 Å². The van der Waals surface area contributed by atoms with Crippen molar-refractivity contribution in [2.45, 2.75) is 37.5 Å². The van der Waals surface area contributed by atoms with E-state index < -0.39 is 0 Å². The fourth-order valence-corrected chi connectivity index (χ4v) is 4.81. The van der Waals surface area contributed by atoms with E-state index in [1.807, 2.05) is 18.2 Å². The third-order valence-corrected chi connectivity index (χ3v) is 6.39. The van der Waals surface area contributed by atoms with Gasteiger partial charge in [0, 0.05) is 41.0 Å². The number of likely N-dealkylation sites (tertiary alicyclic amines) is 1. The second kappa shape index (κ2) is 8.01. The van der Waals surface area contributed by atoms with Gasteiger partial charge in [0.15, 0.2) is 0 Å². The predicted molar refractivity (Wildman–Crippen MR) is 105 cm³/mol. The predicted octanol–water partition coefficient (Wildman–Crippen LogP) is 3.96. The zero-order valence-corrected chi connectivity index (χ0v) is 16.3. The molecule has 2 aliphatic rings. The number of carbonyl (C=O) groups excluding carboxylic acids is 2. The van der Waals surface area contributed by atoms with Gasteiger partial charge in [-0.15, -0.1) is 0 Å². The van der Waals surface area contributed by atoms with Crippen LogP contribution in [0.2, 0.25) is 10.0 Å². The van der Waals surface area contributed by atoms with Gasteiger partial charge in [-0.1, -0.05) is 42.3 Å². The number of amides is 2. The summed E-state index contributed by atoms with van der Waals surface area (Å²) in [6, 6.07) is 5.56. The fourth-order valence-electron chi connectivity index (χ4n) is 4.01. The SMILES string of the molecule is C=CC(=O)N1CCC(C(=O)NCC2(c3c(Cl)cccc3Cl)CCC2)CC1. The molecule has 0 bridgehead atoms. The Bertz CT molecular complexity index is 688. The molecule has 0 aromatic heterocycles. The maximum absolute atomic E-state index is 12.6. The molecule has 0 atom stereocenters. The molecule has 1 aliphatic heterocycles. The van der Waals surface area contributed by atoms with Gasteiger partial charge in [-0.3, -0.25) is 9.59 Å². The summed E-state index contributed by atoms with van der Waals surface area (Å²) >= 11 is 12.8. The molecular weight excluding hydrogens is 371 g/mol. The summed E-state index contributed by atoms with van der Waals surface area (Å²) in [4.78, 5) is 26.0. The molecular formula is C20H24Cl2N2O2. The highest BCUT2D eigenvalue weighted by Gasteiger charge is 2.42. The van der Waals surface area contributed by atoms with Gasteiger partial charge >= 0.3 is 0 Å². The molecule has 1 saturated carbocycles.